The van der Waals surface area contributed by atoms with Crippen molar-refractivity contribution in [2.75, 3.05) is 0 Å². The minimum absolute atomic E-state index is 0.0404. The lowest BCUT2D eigenvalue weighted by molar-refractivity contribution is -0.165. The van der Waals surface area contributed by atoms with Crippen molar-refractivity contribution in [3.63, 3.8) is 0 Å². The van der Waals surface area contributed by atoms with E-state index >= 15 is 0 Å². The van der Waals surface area contributed by atoms with Crippen molar-refractivity contribution < 1.29 is 9.90 Å². The van der Waals surface area contributed by atoms with Gasteiger partial charge in [0.05, 0.1) is 5.41 Å². The molecule has 0 aromatic heterocycles. The van der Waals surface area contributed by atoms with Crippen LogP contribution in [0.1, 0.15) is 86.5 Å². The van der Waals surface area contributed by atoms with Crippen LogP contribution in [0.2, 0.25) is 0 Å². The topological polar surface area (TPSA) is 63.3 Å². The second-order valence-corrected chi connectivity index (χ2v) is 10.7. The summed E-state index contributed by atoms with van der Waals surface area (Å²) in [6, 6.07) is 0.0843. The van der Waals surface area contributed by atoms with Crippen LogP contribution in [0.5, 0.6) is 0 Å². The maximum Gasteiger partial charge on any atom is 0.309 e. The lowest BCUT2D eigenvalue weighted by Gasteiger charge is -2.56. The number of hydrogen-bond donors (Lipinski definition) is 2. The van der Waals surface area contributed by atoms with Crippen molar-refractivity contribution in [2.45, 2.75) is 92.5 Å². The Kier molecular flexibility index (Phi) is 5.45. The monoisotopic (exact) mass is 337 g/mol. The molecule has 2 atom stereocenters. The highest BCUT2D eigenvalue weighted by Gasteiger charge is 2.57. The second-order valence-electron chi connectivity index (χ2n) is 10.7. The van der Waals surface area contributed by atoms with Gasteiger partial charge in [0, 0.05) is 6.04 Å². The van der Waals surface area contributed by atoms with Crippen molar-refractivity contribution in [3.8, 4) is 0 Å². The van der Waals surface area contributed by atoms with Gasteiger partial charge in [0.25, 0.3) is 0 Å². The zero-order chi connectivity index (χ0) is 18.3. The molecule has 0 aliphatic heterocycles. The molecular formula is C21H39NO2. The average Bonchev–Trinajstić information content (AvgIpc) is 2.46. The third kappa shape index (κ3) is 3.66. The molecule has 2 rings (SSSR count). The summed E-state index contributed by atoms with van der Waals surface area (Å²) in [6.07, 6.45) is 7.30. The molecule has 0 amide bonds. The molecule has 2 saturated carbocycles. The third-order valence-electron chi connectivity index (χ3n) is 7.13. The molecule has 0 radical (unpaired) electrons. The van der Waals surface area contributed by atoms with E-state index in [9.17, 15) is 9.90 Å². The predicted molar refractivity (Wildman–Crippen MR) is 99.7 cm³/mol. The summed E-state index contributed by atoms with van der Waals surface area (Å²) in [7, 11) is 0. The first-order chi connectivity index (χ1) is 10.9. The Labute approximate surface area is 148 Å². The number of rotatable bonds is 2. The van der Waals surface area contributed by atoms with Gasteiger partial charge < -0.3 is 10.8 Å². The number of carboxylic acid groups (broad SMARTS) is 1. The van der Waals surface area contributed by atoms with E-state index in [0.717, 1.165) is 25.7 Å². The molecule has 0 spiro atoms. The van der Waals surface area contributed by atoms with Gasteiger partial charge in [-0.25, -0.2) is 0 Å². The Hall–Kier alpha value is -0.570. The fourth-order valence-corrected chi connectivity index (χ4v) is 5.53. The highest BCUT2D eigenvalue weighted by molar-refractivity contribution is 5.75. The summed E-state index contributed by atoms with van der Waals surface area (Å²) in [5.41, 5.74) is 6.26. The Morgan fingerprint density at radius 3 is 1.67 bits per heavy atom. The van der Waals surface area contributed by atoms with Gasteiger partial charge in [-0.1, -0.05) is 60.8 Å². The van der Waals surface area contributed by atoms with E-state index in [-0.39, 0.29) is 28.7 Å². The number of carbonyl (C=O) groups is 1. The molecule has 2 aliphatic rings. The minimum atomic E-state index is -0.577. The number of hydrogen-bond acceptors (Lipinski definition) is 2. The molecule has 0 aromatic rings. The second kappa shape index (κ2) is 6.63. The Balaban J connectivity index is 2.47. The van der Waals surface area contributed by atoms with E-state index in [0.29, 0.717) is 5.92 Å². The SMILES string of the molecule is CC(C)(C)C1CC(C(=O)O)(C2CCCCC2)CC(C(C)(C)C)C1N. The molecule has 3 nitrogen and oxygen atoms in total. The van der Waals surface area contributed by atoms with Crippen molar-refractivity contribution in [1.82, 2.24) is 0 Å². The van der Waals surface area contributed by atoms with Crippen LogP contribution in [0.25, 0.3) is 0 Å². The van der Waals surface area contributed by atoms with E-state index in [4.69, 9.17) is 5.73 Å². The van der Waals surface area contributed by atoms with E-state index in [1.165, 1.54) is 19.3 Å². The van der Waals surface area contributed by atoms with Gasteiger partial charge in [0.15, 0.2) is 0 Å². The Morgan fingerprint density at radius 1 is 0.917 bits per heavy atom. The normalized spacial score (nSPS) is 36.5. The molecule has 24 heavy (non-hydrogen) atoms. The van der Waals surface area contributed by atoms with Crippen LogP contribution in [0.4, 0.5) is 0 Å². The zero-order valence-corrected chi connectivity index (χ0v) is 16.7. The summed E-state index contributed by atoms with van der Waals surface area (Å²) < 4.78 is 0. The van der Waals surface area contributed by atoms with Crippen molar-refractivity contribution in [3.05, 3.63) is 0 Å². The minimum Gasteiger partial charge on any atom is -0.481 e. The quantitative estimate of drug-likeness (QED) is 0.738. The lowest BCUT2D eigenvalue weighted by atomic mass is 9.49. The van der Waals surface area contributed by atoms with Crippen LogP contribution < -0.4 is 5.73 Å². The fraction of sp³-hybridized carbons (Fsp3) is 0.952. The standard InChI is InChI=1S/C21H39NO2/c1-19(2,3)15-12-21(18(23)24,14-10-8-7-9-11-14)13-16(17(15)22)20(4,5)6/h14-17H,7-13,22H2,1-6H3,(H,23,24). The van der Waals surface area contributed by atoms with Gasteiger partial charge in [0.1, 0.15) is 0 Å². The summed E-state index contributed by atoms with van der Waals surface area (Å²) in [4.78, 5) is 12.6. The van der Waals surface area contributed by atoms with Crippen LogP contribution in [0, 0.1) is 34.0 Å². The average molecular weight is 338 g/mol. The summed E-state index contributed by atoms with van der Waals surface area (Å²) in [5.74, 6) is 0.276. The molecular weight excluding hydrogens is 298 g/mol. The molecule has 0 saturated heterocycles. The first-order valence-corrected chi connectivity index (χ1v) is 9.88. The van der Waals surface area contributed by atoms with Crippen LogP contribution in [0.15, 0.2) is 0 Å². The smallest absolute Gasteiger partial charge is 0.309 e. The molecule has 2 aliphatic carbocycles. The van der Waals surface area contributed by atoms with Gasteiger partial charge in [0.2, 0.25) is 0 Å². The Bertz CT molecular complexity index is 427. The number of aliphatic carboxylic acids is 1. The summed E-state index contributed by atoms with van der Waals surface area (Å²) in [5, 5.41) is 10.4. The van der Waals surface area contributed by atoms with Gasteiger partial charge in [-0.05, 0) is 54.3 Å². The predicted octanol–water partition coefficient (Wildman–Crippen LogP) is 5.08. The maximum absolute atomic E-state index is 12.6. The number of nitrogens with two attached hydrogens (primary N) is 1. The molecule has 3 N–H and O–H groups in total. The molecule has 3 heteroatoms. The molecule has 140 valence electrons. The van der Waals surface area contributed by atoms with Crippen molar-refractivity contribution >= 4 is 5.97 Å². The molecule has 0 heterocycles. The first kappa shape index (κ1) is 19.8. The number of carboxylic acids is 1. The van der Waals surface area contributed by atoms with E-state index in [1.807, 2.05) is 0 Å². The van der Waals surface area contributed by atoms with Crippen LogP contribution in [-0.2, 0) is 4.79 Å². The largest absolute Gasteiger partial charge is 0.481 e. The zero-order valence-electron chi connectivity index (χ0n) is 16.7. The summed E-state index contributed by atoms with van der Waals surface area (Å²) >= 11 is 0. The highest BCUT2D eigenvalue weighted by Crippen LogP contribution is 2.57. The Morgan fingerprint density at radius 2 is 1.33 bits per heavy atom. The van der Waals surface area contributed by atoms with Gasteiger partial charge in [-0.2, -0.15) is 0 Å². The summed E-state index contributed by atoms with van der Waals surface area (Å²) in [6.45, 7) is 13.4. The van der Waals surface area contributed by atoms with Crippen molar-refractivity contribution in [1.29, 1.82) is 0 Å². The van der Waals surface area contributed by atoms with Crippen LogP contribution in [0.3, 0.4) is 0 Å². The van der Waals surface area contributed by atoms with Gasteiger partial charge >= 0.3 is 5.97 Å². The maximum atomic E-state index is 12.6. The van der Waals surface area contributed by atoms with Crippen molar-refractivity contribution in [2.24, 2.45) is 39.7 Å². The third-order valence-corrected chi connectivity index (χ3v) is 7.13. The molecule has 2 unspecified atom stereocenters. The fourth-order valence-electron chi connectivity index (χ4n) is 5.53. The molecule has 2 fully saturated rings. The lowest BCUT2D eigenvalue weighted by Crippen LogP contribution is -2.59. The van der Waals surface area contributed by atoms with Crippen LogP contribution >= 0.6 is 0 Å². The van der Waals surface area contributed by atoms with E-state index in [2.05, 4.69) is 41.5 Å². The molecule has 0 aromatic carbocycles. The van der Waals surface area contributed by atoms with E-state index < -0.39 is 11.4 Å². The first-order valence-electron chi connectivity index (χ1n) is 9.88. The van der Waals surface area contributed by atoms with E-state index in [1.54, 1.807) is 0 Å². The van der Waals surface area contributed by atoms with Crippen LogP contribution in [-0.4, -0.2) is 17.1 Å². The van der Waals surface area contributed by atoms with Gasteiger partial charge in [-0.3, -0.25) is 4.79 Å². The molecule has 0 bridgehead atoms. The van der Waals surface area contributed by atoms with Gasteiger partial charge in [-0.15, -0.1) is 0 Å². The highest BCUT2D eigenvalue weighted by atomic mass is 16.4.